The van der Waals surface area contributed by atoms with Gasteiger partial charge in [0.25, 0.3) is 0 Å². The van der Waals surface area contributed by atoms with Crippen LogP contribution in [-0.2, 0) is 4.74 Å². The number of rotatable bonds is 5. The maximum Gasteiger partial charge on any atom is 0.315 e. The minimum atomic E-state index is -0.880. The van der Waals surface area contributed by atoms with Crippen molar-refractivity contribution in [3.05, 3.63) is 0 Å². The Bertz CT molecular complexity index is 451. The molecular formula is C18H32N2O3. The van der Waals surface area contributed by atoms with Crippen LogP contribution >= 0.6 is 0 Å². The van der Waals surface area contributed by atoms with Gasteiger partial charge in [0.15, 0.2) is 0 Å². The van der Waals surface area contributed by atoms with E-state index in [0.717, 1.165) is 12.8 Å². The number of aliphatic hydroxyl groups is 1. The predicted octanol–water partition coefficient (Wildman–Crippen LogP) is 2.57. The van der Waals surface area contributed by atoms with E-state index in [1.165, 1.54) is 25.7 Å². The number of amides is 2. The van der Waals surface area contributed by atoms with Gasteiger partial charge in [-0.25, -0.2) is 4.79 Å². The monoisotopic (exact) mass is 324 g/mol. The van der Waals surface area contributed by atoms with Crippen LogP contribution in [0.1, 0.15) is 65.7 Å². The first-order valence-corrected chi connectivity index (χ1v) is 9.19. The number of carbonyl (C=O) groups is 1. The zero-order chi connectivity index (χ0) is 16.7. The van der Waals surface area contributed by atoms with E-state index in [9.17, 15) is 9.90 Å². The van der Waals surface area contributed by atoms with Gasteiger partial charge in [0.2, 0.25) is 0 Å². The normalized spacial score (nSPS) is 34.7. The van der Waals surface area contributed by atoms with Crippen molar-refractivity contribution in [3.8, 4) is 0 Å². The quantitative estimate of drug-likeness (QED) is 0.728. The lowest BCUT2D eigenvalue weighted by Gasteiger charge is -2.57. The van der Waals surface area contributed by atoms with Gasteiger partial charge in [0.05, 0.1) is 11.7 Å². The van der Waals surface area contributed by atoms with Crippen molar-refractivity contribution in [1.29, 1.82) is 0 Å². The summed E-state index contributed by atoms with van der Waals surface area (Å²) in [5, 5.41) is 16.7. The summed E-state index contributed by atoms with van der Waals surface area (Å²) >= 11 is 0. The lowest BCUT2D eigenvalue weighted by Crippen LogP contribution is -2.69. The molecule has 3 saturated carbocycles. The highest BCUT2D eigenvalue weighted by Gasteiger charge is 2.60. The molecule has 0 aromatic rings. The lowest BCUT2D eigenvalue weighted by molar-refractivity contribution is -0.237. The molecule has 1 spiro atoms. The highest BCUT2D eigenvalue weighted by atomic mass is 16.5. The Labute approximate surface area is 139 Å². The van der Waals surface area contributed by atoms with E-state index in [2.05, 4.69) is 10.6 Å². The molecule has 0 aliphatic heterocycles. The molecule has 3 aliphatic rings. The van der Waals surface area contributed by atoms with E-state index < -0.39 is 5.60 Å². The third-order valence-corrected chi connectivity index (χ3v) is 6.78. The van der Waals surface area contributed by atoms with Crippen LogP contribution in [0, 0.1) is 10.8 Å². The Morgan fingerprint density at radius 3 is 2.39 bits per heavy atom. The summed E-state index contributed by atoms with van der Waals surface area (Å²) < 4.78 is 5.65. The average Bonchev–Trinajstić information content (AvgIpc) is 3.27. The Kier molecular flexibility index (Phi) is 4.38. The fourth-order valence-corrected chi connectivity index (χ4v) is 4.28. The zero-order valence-electron chi connectivity index (χ0n) is 14.8. The van der Waals surface area contributed by atoms with E-state index in [1.54, 1.807) is 0 Å². The topological polar surface area (TPSA) is 70.6 Å². The van der Waals surface area contributed by atoms with Gasteiger partial charge in [0, 0.05) is 31.0 Å². The summed E-state index contributed by atoms with van der Waals surface area (Å²) in [4.78, 5) is 12.1. The van der Waals surface area contributed by atoms with Gasteiger partial charge < -0.3 is 20.5 Å². The Morgan fingerprint density at radius 1 is 1.22 bits per heavy atom. The molecule has 0 bridgehead atoms. The Balaban J connectivity index is 1.40. The van der Waals surface area contributed by atoms with Crippen LogP contribution < -0.4 is 10.6 Å². The standard InChI is InChI=1S/C18H32N2O3/c1-4-23-14-11-18(22,16(14,2)3)12-19-15(21)20-13-5-7-17(8-6-13)9-10-17/h13-14,22H,4-12H2,1-3H3,(H2,19,20,21). The van der Waals surface area contributed by atoms with Crippen LogP contribution in [0.5, 0.6) is 0 Å². The molecule has 3 N–H and O–H groups in total. The molecule has 5 heteroatoms. The highest BCUT2D eigenvalue weighted by Crippen LogP contribution is 2.56. The number of carbonyl (C=O) groups excluding carboxylic acids is 1. The van der Waals surface area contributed by atoms with Crippen LogP contribution in [0.25, 0.3) is 0 Å². The molecule has 3 aliphatic carbocycles. The Hall–Kier alpha value is -0.810. The third kappa shape index (κ3) is 3.22. The molecular weight excluding hydrogens is 292 g/mol. The van der Waals surface area contributed by atoms with Gasteiger partial charge >= 0.3 is 6.03 Å². The number of urea groups is 1. The minimum Gasteiger partial charge on any atom is -0.387 e. The first-order valence-electron chi connectivity index (χ1n) is 9.19. The van der Waals surface area contributed by atoms with Gasteiger partial charge in [-0.05, 0) is 50.9 Å². The number of hydrogen-bond donors (Lipinski definition) is 3. The summed E-state index contributed by atoms with van der Waals surface area (Å²) in [5.41, 5.74) is -0.567. The number of nitrogens with one attached hydrogen (secondary N) is 2. The first kappa shape index (κ1) is 17.0. The van der Waals surface area contributed by atoms with Crippen molar-refractivity contribution in [1.82, 2.24) is 10.6 Å². The summed E-state index contributed by atoms with van der Waals surface area (Å²) in [6.45, 7) is 6.92. The largest absolute Gasteiger partial charge is 0.387 e. The summed E-state index contributed by atoms with van der Waals surface area (Å²) in [6.07, 6.45) is 8.11. The Morgan fingerprint density at radius 2 is 1.87 bits per heavy atom. The van der Waals surface area contributed by atoms with Gasteiger partial charge in [-0.1, -0.05) is 13.8 Å². The highest BCUT2D eigenvalue weighted by molar-refractivity contribution is 5.74. The van der Waals surface area contributed by atoms with Crippen LogP contribution in [0.2, 0.25) is 0 Å². The zero-order valence-corrected chi connectivity index (χ0v) is 14.8. The van der Waals surface area contributed by atoms with Gasteiger partial charge in [-0.15, -0.1) is 0 Å². The van der Waals surface area contributed by atoms with Crippen molar-refractivity contribution in [3.63, 3.8) is 0 Å². The minimum absolute atomic E-state index is 0.0652. The molecule has 5 nitrogen and oxygen atoms in total. The van der Waals surface area contributed by atoms with Crippen molar-refractivity contribution in [2.45, 2.75) is 83.5 Å². The maximum atomic E-state index is 12.1. The fraction of sp³-hybridized carbons (Fsp3) is 0.944. The number of hydrogen-bond acceptors (Lipinski definition) is 3. The smallest absolute Gasteiger partial charge is 0.315 e. The molecule has 0 radical (unpaired) electrons. The molecule has 0 heterocycles. The van der Waals surface area contributed by atoms with Crippen molar-refractivity contribution in [2.75, 3.05) is 13.2 Å². The molecule has 2 unspecified atom stereocenters. The van der Waals surface area contributed by atoms with Crippen LogP contribution in [0.15, 0.2) is 0 Å². The van der Waals surface area contributed by atoms with E-state index in [-0.39, 0.29) is 24.1 Å². The van der Waals surface area contributed by atoms with Crippen molar-refractivity contribution >= 4 is 6.03 Å². The van der Waals surface area contributed by atoms with Crippen molar-refractivity contribution in [2.24, 2.45) is 10.8 Å². The summed E-state index contributed by atoms with van der Waals surface area (Å²) in [5.74, 6) is 0. The second kappa shape index (κ2) is 5.92. The molecule has 132 valence electrons. The average molecular weight is 324 g/mol. The molecule has 0 aromatic carbocycles. The molecule has 3 fully saturated rings. The van der Waals surface area contributed by atoms with Gasteiger partial charge in [-0.3, -0.25) is 0 Å². The SMILES string of the molecule is CCOC1CC(O)(CNC(=O)NC2CCC3(CC2)CC3)C1(C)C. The lowest BCUT2D eigenvalue weighted by atomic mass is 9.56. The summed E-state index contributed by atoms with van der Waals surface area (Å²) in [6, 6.07) is 0.146. The molecule has 2 amide bonds. The third-order valence-electron chi connectivity index (χ3n) is 6.78. The summed E-state index contributed by atoms with van der Waals surface area (Å²) in [7, 11) is 0. The molecule has 3 rings (SSSR count). The van der Waals surface area contributed by atoms with Gasteiger partial charge in [0.1, 0.15) is 0 Å². The van der Waals surface area contributed by atoms with E-state index >= 15 is 0 Å². The first-order chi connectivity index (χ1) is 10.8. The molecule has 23 heavy (non-hydrogen) atoms. The second-order valence-corrected chi connectivity index (χ2v) is 8.50. The van der Waals surface area contributed by atoms with Crippen molar-refractivity contribution < 1.29 is 14.6 Å². The van der Waals surface area contributed by atoms with E-state index in [1.807, 2.05) is 20.8 Å². The fourth-order valence-electron chi connectivity index (χ4n) is 4.28. The van der Waals surface area contributed by atoms with Gasteiger partial charge in [-0.2, -0.15) is 0 Å². The van der Waals surface area contributed by atoms with E-state index in [4.69, 9.17) is 4.74 Å². The second-order valence-electron chi connectivity index (χ2n) is 8.50. The molecule has 2 atom stereocenters. The van der Waals surface area contributed by atoms with Crippen LogP contribution in [0.4, 0.5) is 4.79 Å². The van der Waals surface area contributed by atoms with E-state index in [0.29, 0.717) is 24.5 Å². The number of ether oxygens (including phenoxy) is 1. The molecule has 0 saturated heterocycles. The van der Waals surface area contributed by atoms with Crippen LogP contribution in [-0.4, -0.2) is 42.0 Å². The predicted molar refractivity (Wildman–Crippen MR) is 89.2 cm³/mol. The molecule has 0 aromatic heterocycles. The maximum absolute atomic E-state index is 12.1. The van der Waals surface area contributed by atoms with Crippen LogP contribution in [0.3, 0.4) is 0 Å².